The van der Waals surface area contributed by atoms with Gasteiger partial charge in [0.25, 0.3) is 0 Å². The first kappa shape index (κ1) is 12.4. The summed E-state index contributed by atoms with van der Waals surface area (Å²) < 4.78 is 0. The Morgan fingerprint density at radius 1 is 1.14 bits per heavy atom. The van der Waals surface area contributed by atoms with Gasteiger partial charge in [-0.15, -0.1) is 0 Å². The lowest BCUT2D eigenvalue weighted by Gasteiger charge is -2.16. The van der Waals surface area contributed by atoms with E-state index in [4.69, 9.17) is 0 Å². The van der Waals surface area contributed by atoms with Crippen LogP contribution in [0.3, 0.4) is 0 Å². The van der Waals surface area contributed by atoms with Gasteiger partial charge >= 0.3 is 0 Å². The molecular weight excluding hydrogens is 190 g/mol. The molecule has 0 spiro atoms. The molecule has 84 valence electrons. The maximum atomic E-state index is 4.62. The molecule has 1 aliphatic heterocycles. The molecule has 0 amide bonds. The SMILES string of the molecule is CCCCC(S)CCCN1CCCC1. The highest BCUT2D eigenvalue weighted by Gasteiger charge is 2.11. The smallest absolute Gasteiger partial charge is 0.00172 e. The summed E-state index contributed by atoms with van der Waals surface area (Å²) in [4.78, 5) is 2.60. The van der Waals surface area contributed by atoms with Gasteiger partial charge in [-0.3, -0.25) is 0 Å². The molecule has 0 aromatic carbocycles. The third kappa shape index (κ3) is 5.26. The highest BCUT2D eigenvalue weighted by Crippen LogP contribution is 2.14. The van der Waals surface area contributed by atoms with E-state index in [1.165, 1.54) is 64.6 Å². The van der Waals surface area contributed by atoms with Crippen molar-refractivity contribution in [2.24, 2.45) is 0 Å². The van der Waals surface area contributed by atoms with Gasteiger partial charge in [0, 0.05) is 5.25 Å². The number of nitrogens with zero attached hydrogens (tertiary/aromatic N) is 1. The van der Waals surface area contributed by atoms with Crippen molar-refractivity contribution in [2.75, 3.05) is 19.6 Å². The van der Waals surface area contributed by atoms with Crippen molar-refractivity contribution in [1.82, 2.24) is 4.90 Å². The predicted molar refractivity (Wildman–Crippen MR) is 67.2 cm³/mol. The number of rotatable bonds is 7. The summed E-state index contributed by atoms with van der Waals surface area (Å²) in [5.41, 5.74) is 0. The number of hydrogen-bond acceptors (Lipinski definition) is 2. The molecule has 1 aliphatic rings. The van der Waals surface area contributed by atoms with E-state index in [0.717, 1.165) is 0 Å². The van der Waals surface area contributed by atoms with E-state index in [-0.39, 0.29) is 0 Å². The molecule has 1 rings (SSSR count). The average Bonchev–Trinajstić information content (AvgIpc) is 2.67. The van der Waals surface area contributed by atoms with Gasteiger partial charge in [0.1, 0.15) is 0 Å². The van der Waals surface area contributed by atoms with Crippen LogP contribution in [0.2, 0.25) is 0 Å². The zero-order valence-electron chi connectivity index (χ0n) is 9.54. The molecule has 0 aliphatic carbocycles. The fraction of sp³-hybridized carbons (Fsp3) is 1.00. The first-order valence-electron chi connectivity index (χ1n) is 6.23. The van der Waals surface area contributed by atoms with E-state index in [1.54, 1.807) is 0 Å². The molecular formula is C12H25NS. The standard InChI is InChI=1S/C12H25NS/c1-2-3-7-12(14)8-6-11-13-9-4-5-10-13/h12,14H,2-11H2,1H3. The lowest BCUT2D eigenvalue weighted by atomic mass is 10.1. The Morgan fingerprint density at radius 3 is 2.43 bits per heavy atom. The minimum Gasteiger partial charge on any atom is -0.303 e. The minimum atomic E-state index is 0.651. The number of hydrogen-bond donors (Lipinski definition) is 1. The van der Waals surface area contributed by atoms with Crippen LogP contribution in [0.1, 0.15) is 51.9 Å². The normalized spacial score (nSPS) is 20.1. The monoisotopic (exact) mass is 215 g/mol. The molecule has 1 nitrogen and oxygen atoms in total. The second-order valence-electron chi connectivity index (χ2n) is 4.49. The lowest BCUT2D eigenvalue weighted by Crippen LogP contribution is -2.21. The average molecular weight is 215 g/mol. The second-order valence-corrected chi connectivity index (χ2v) is 5.22. The summed E-state index contributed by atoms with van der Waals surface area (Å²) >= 11 is 4.62. The first-order chi connectivity index (χ1) is 6.83. The van der Waals surface area contributed by atoms with Gasteiger partial charge in [0.05, 0.1) is 0 Å². The summed E-state index contributed by atoms with van der Waals surface area (Å²) in [5, 5.41) is 0.651. The molecule has 0 saturated carbocycles. The van der Waals surface area contributed by atoms with Crippen LogP contribution in [-0.4, -0.2) is 29.8 Å². The maximum Gasteiger partial charge on any atom is 0.00172 e. The van der Waals surface area contributed by atoms with Crippen LogP contribution in [0.15, 0.2) is 0 Å². The van der Waals surface area contributed by atoms with Crippen molar-refractivity contribution in [3.63, 3.8) is 0 Å². The quantitative estimate of drug-likeness (QED) is 0.637. The molecule has 0 radical (unpaired) electrons. The minimum absolute atomic E-state index is 0.651. The molecule has 1 fully saturated rings. The molecule has 1 heterocycles. The lowest BCUT2D eigenvalue weighted by molar-refractivity contribution is 0.328. The predicted octanol–water partition coefficient (Wildman–Crippen LogP) is 3.35. The molecule has 0 N–H and O–H groups in total. The zero-order chi connectivity index (χ0) is 10.2. The Morgan fingerprint density at radius 2 is 1.79 bits per heavy atom. The highest BCUT2D eigenvalue weighted by atomic mass is 32.1. The van der Waals surface area contributed by atoms with Crippen LogP contribution < -0.4 is 0 Å². The van der Waals surface area contributed by atoms with E-state index in [9.17, 15) is 0 Å². The Labute approximate surface area is 94.7 Å². The van der Waals surface area contributed by atoms with E-state index in [0.29, 0.717) is 5.25 Å². The molecule has 0 aromatic rings. The molecule has 1 atom stereocenters. The van der Waals surface area contributed by atoms with Crippen molar-refractivity contribution in [3.05, 3.63) is 0 Å². The Bertz CT molecular complexity index is 132. The van der Waals surface area contributed by atoms with Crippen LogP contribution in [-0.2, 0) is 0 Å². The van der Waals surface area contributed by atoms with Gasteiger partial charge in [-0.25, -0.2) is 0 Å². The molecule has 0 bridgehead atoms. The third-order valence-corrected chi connectivity index (χ3v) is 3.62. The molecule has 0 aromatic heterocycles. The largest absolute Gasteiger partial charge is 0.303 e. The molecule has 2 heteroatoms. The summed E-state index contributed by atoms with van der Waals surface area (Å²) in [5.74, 6) is 0. The maximum absolute atomic E-state index is 4.62. The zero-order valence-corrected chi connectivity index (χ0v) is 10.4. The van der Waals surface area contributed by atoms with Crippen molar-refractivity contribution in [2.45, 2.75) is 57.1 Å². The summed E-state index contributed by atoms with van der Waals surface area (Å²) in [7, 11) is 0. The molecule has 14 heavy (non-hydrogen) atoms. The van der Waals surface area contributed by atoms with Gasteiger partial charge in [0.15, 0.2) is 0 Å². The fourth-order valence-corrected chi connectivity index (χ4v) is 2.51. The fourth-order valence-electron chi connectivity index (χ4n) is 2.14. The van der Waals surface area contributed by atoms with Gasteiger partial charge in [-0.2, -0.15) is 12.6 Å². The van der Waals surface area contributed by atoms with Crippen molar-refractivity contribution in [3.8, 4) is 0 Å². The number of likely N-dealkylation sites (tertiary alicyclic amines) is 1. The van der Waals surface area contributed by atoms with Gasteiger partial charge in [-0.05, 0) is 51.7 Å². The topological polar surface area (TPSA) is 3.24 Å². The van der Waals surface area contributed by atoms with Gasteiger partial charge in [0.2, 0.25) is 0 Å². The van der Waals surface area contributed by atoms with Crippen LogP contribution in [0.25, 0.3) is 0 Å². The van der Waals surface area contributed by atoms with Gasteiger partial charge in [-0.1, -0.05) is 19.8 Å². The summed E-state index contributed by atoms with van der Waals surface area (Å²) in [6.45, 7) is 6.24. The van der Waals surface area contributed by atoms with Gasteiger partial charge < -0.3 is 4.90 Å². The van der Waals surface area contributed by atoms with Crippen LogP contribution in [0.5, 0.6) is 0 Å². The second kappa shape index (κ2) is 7.58. The summed E-state index contributed by atoms with van der Waals surface area (Å²) in [6, 6.07) is 0. The van der Waals surface area contributed by atoms with E-state index in [2.05, 4.69) is 24.5 Å². The Hall–Kier alpha value is 0.310. The molecule has 1 saturated heterocycles. The van der Waals surface area contributed by atoms with E-state index >= 15 is 0 Å². The van der Waals surface area contributed by atoms with Crippen molar-refractivity contribution < 1.29 is 0 Å². The third-order valence-electron chi connectivity index (χ3n) is 3.10. The van der Waals surface area contributed by atoms with Crippen molar-refractivity contribution >= 4 is 12.6 Å². The van der Waals surface area contributed by atoms with Crippen LogP contribution in [0, 0.1) is 0 Å². The highest BCUT2D eigenvalue weighted by molar-refractivity contribution is 7.80. The Kier molecular flexibility index (Phi) is 6.70. The Balaban J connectivity index is 1.91. The van der Waals surface area contributed by atoms with Crippen LogP contribution in [0.4, 0.5) is 0 Å². The number of unbranched alkanes of at least 4 members (excludes halogenated alkanes) is 1. The van der Waals surface area contributed by atoms with Crippen LogP contribution >= 0.6 is 12.6 Å². The van der Waals surface area contributed by atoms with E-state index < -0.39 is 0 Å². The summed E-state index contributed by atoms with van der Waals surface area (Å²) in [6.07, 6.45) is 9.44. The number of thiol groups is 1. The molecule has 1 unspecified atom stereocenters. The van der Waals surface area contributed by atoms with E-state index in [1.807, 2.05) is 0 Å². The first-order valence-corrected chi connectivity index (χ1v) is 6.75. The van der Waals surface area contributed by atoms with Crippen molar-refractivity contribution in [1.29, 1.82) is 0 Å².